The molecule has 0 aliphatic carbocycles. The van der Waals surface area contributed by atoms with Gasteiger partial charge in [-0.3, -0.25) is 4.99 Å². The lowest BCUT2D eigenvalue weighted by molar-refractivity contribution is 0.0893. The first-order valence-corrected chi connectivity index (χ1v) is 5.93. The van der Waals surface area contributed by atoms with Crippen LogP contribution in [0.2, 0.25) is 0 Å². The van der Waals surface area contributed by atoms with Crippen molar-refractivity contribution in [3.05, 3.63) is 0 Å². The molecule has 3 N–H and O–H groups in total. The van der Waals surface area contributed by atoms with Gasteiger partial charge >= 0.3 is 0 Å². The van der Waals surface area contributed by atoms with Crippen molar-refractivity contribution in [2.24, 2.45) is 16.6 Å². The van der Waals surface area contributed by atoms with E-state index < -0.39 is 0 Å². The third-order valence-corrected chi connectivity index (χ3v) is 2.80. The zero-order chi connectivity index (χ0) is 11.1. The predicted octanol–water partition coefficient (Wildman–Crippen LogP) is 1.12. The van der Waals surface area contributed by atoms with Crippen LogP contribution in [0.5, 0.6) is 0 Å². The summed E-state index contributed by atoms with van der Waals surface area (Å²) in [5.41, 5.74) is 5.72. The van der Waals surface area contributed by atoms with Crippen LogP contribution in [0, 0.1) is 5.92 Å². The lowest BCUT2D eigenvalue weighted by Crippen LogP contribution is -2.33. The predicted molar refractivity (Wildman–Crippen MR) is 62.9 cm³/mol. The SMILES string of the molecule is CCCNC(N)=NCC1CCOC1CC. The fourth-order valence-corrected chi connectivity index (χ4v) is 1.88. The summed E-state index contributed by atoms with van der Waals surface area (Å²) in [6, 6.07) is 0. The van der Waals surface area contributed by atoms with Gasteiger partial charge in [-0.15, -0.1) is 0 Å². The molecule has 4 nitrogen and oxygen atoms in total. The van der Waals surface area contributed by atoms with E-state index in [9.17, 15) is 0 Å². The highest BCUT2D eigenvalue weighted by Crippen LogP contribution is 2.23. The van der Waals surface area contributed by atoms with Gasteiger partial charge < -0.3 is 15.8 Å². The van der Waals surface area contributed by atoms with Crippen molar-refractivity contribution in [3.8, 4) is 0 Å². The first-order valence-electron chi connectivity index (χ1n) is 5.93. The van der Waals surface area contributed by atoms with Crippen LogP contribution in [-0.2, 0) is 4.74 Å². The van der Waals surface area contributed by atoms with Crippen LogP contribution in [0.15, 0.2) is 4.99 Å². The Labute approximate surface area is 92.3 Å². The minimum atomic E-state index is 0.382. The van der Waals surface area contributed by atoms with Crippen LogP contribution >= 0.6 is 0 Å². The highest BCUT2D eigenvalue weighted by atomic mass is 16.5. The maximum Gasteiger partial charge on any atom is 0.188 e. The summed E-state index contributed by atoms with van der Waals surface area (Å²) in [5.74, 6) is 1.12. The van der Waals surface area contributed by atoms with Crippen molar-refractivity contribution in [1.82, 2.24) is 5.32 Å². The number of nitrogens with two attached hydrogens (primary N) is 1. The second kappa shape index (κ2) is 6.67. The molecule has 0 amide bonds. The molecular formula is C11H23N3O. The summed E-state index contributed by atoms with van der Waals surface area (Å²) in [5, 5.41) is 3.08. The number of hydrogen-bond donors (Lipinski definition) is 2. The first kappa shape index (κ1) is 12.3. The molecule has 2 atom stereocenters. The van der Waals surface area contributed by atoms with E-state index in [4.69, 9.17) is 10.5 Å². The Hall–Kier alpha value is -0.770. The molecule has 15 heavy (non-hydrogen) atoms. The average Bonchev–Trinajstić information content (AvgIpc) is 2.70. The van der Waals surface area contributed by atoms with Gasteiger partial charge in [0.2, 0.25) is 0 Å². The van der Waals surface area contributed by atoms with Crippen LogP contribution in [0.3, 0.4) is 0 Å². The number of ether oxygens (including phenoxy) is 1. The van der Waals surface area contributed by atoms with E-state index in [-0.39, 0.29) is 0 Å². The van der Waals surface area contributed by atoms with Crippen LogP contribution in [0.4, 0.5) is 0 Å². The smallest absolute Gasteiger partial charge is 0.188 e. The minimum Gasteiger partial charge on any atom is -0.378 e. The van der Waals surface area contributed by atoms with Crippen LogP contribution in [0.25, 0.3) is 0 Å². The summed E-state index contributed by atoms with van der Waals surface area (Å²) in [6.07, 6.45) is 3.64. The Bertz CT molecular complexity index is 206. The van der Waals surface area contributed by atoms with E-state index in [2.05, 4.69) is 24.2 Å². The van der Waals surface area contributed by atoms with Crippen LogP contribution in [-0.4, -0.2) is 31.8 Å². The summed E-state index contributed by atoms with van der Waals surface area (Å²) >= 11 is 0. The van der Waals surface area contributed by atoms with E-state index in [1.54, 1.807) is 0 Å². The standard InChI is InChI=1S/C11H23N3O/c1-3-6-13-11(12)14-8-9-5-7-15-10(9)4-2/h9-10H,3-8H2,1-2H3,(H3,12,13,14). The molecule has 1 aliphatic heterocycles. The third kappa shape index (κ3) is 4.08. The Morgan fingerprint density at radius 3 is 3.00 bits per heavy atom. The Balaban J connectivity index is 2.28. The number of rotatable bonds is 5. The molecule has 1 saturated heterocycles. The van der Waals surface area contributed by atoms with Gasteiger partial charge in [0.05, 0.1) is 6.10 Å². The number of nitrogens with one attached hydrogen (secondary N) is 1. The monoisotopic (exact) mass is 213 g/mol. The molecule has 0 saturated carbocycles. The highest BCUT2D eigenvalue weighted by molar-refractivity contribution is 5.77. The topological polar surface area (TPSA) is 59.6 Å². The van der Waals surface area contributed by atoms with E-state index in [0.29, 0.717) is 18.0 Å². The molecule has 1 fully saturated rings. The maximum absolute atomic E-state index is 5.72. The molecule has 0 spiro atoms. The highest BCUT2D eigenvalue weighted by Gasteiger charge is 2.26. The van der Waals surface area contributed by atoms with E-state index in [1.807, 2.05) is 0 Å². The molecule has 2 unspecified atom stereocenters. The first-order chi connectivity index (χ1) is 7.27. The molecule has 0 aromatic carbocycles. The quantitative estimate of drug-likeness (QED) is 0.531. The number of aliphatic imine (C=N–C) groups is 1. The second-order valence-corrected chi connectivity index (χ2v) is 4.02. The lowest BCUT2D eigenvalue weighted by Gasteiger charge is -2.14. The van der Waals surface area contributed by atoms with Gasteiger partial charge in [-0.1, -0.05) is 13.8 Å². The fraction of sp³-hybridized carbons (Fsp3) is 0.909. The van der Waals surface area contributed by atoms with E-state index >= 15 is 0 Å². The van der Waals surface area contributed by atoms with Gasteiger partial charge in [0.25, 0.3) is 0 Å². The molecule has 0 radical (unpaired) electrons. The molecular weight excluding hydrogens is 190 g/mol. The molecule has 0 aromatic rings. The third-order valence-electron chi connectivity index (χ3n) is 2.80. The summed E-state index contributed by atoms with van der Waals surface area (Å²) in [4.78, 5) is 4.35. The minimum absolute atomic E-state index is 0.382. The van der Waals surface area contributed by atoms with Gasteiger partial charge in [-0.25, -0.2) is 0 Å². The number of nitrogens with zero attached hydrogens (tertiary/aromatic N) is 1. The molecule has 1 heterocycles. The van der Waals surface area contributed by atoms with Crippen molar-refractivity contribution in [2.75, 3.05) is 19.7 Å². The van der Waals surface area contributed by atoms with E-state index in [1.165, 1.54) is 0 Å². The molecule has 88 valence electrons. The molecule has 1 rings (SSSR count). The maximum atomic E-state index is 5.72. The molecule has 1 aliphatic rings. The second-order valence-electron chi connectivity index (χ2n) is 4.02. The summed E-state index contributed by atoms with van der Waals surface area (Å²) in [6.45, 7) is 6.83. The Kier molecular flexibility index (Phi) is 5.47. The fourth-order valence-electron chi connectivity index (χ4n) is 1.88. The van der Waals surface area contributed by atoms with Crippen molar-refractivity contribution in [3.63, 3.8) is 0 Å². The molecule has 4 heteroatoms. The zero-order valence-electron chi connectivity index (χ0n) is 9.83. The Morgan fingerprint density at radius 1 is 1.53 bits per heavy atom. The zero-order valence-corrected chi connectivity index (χ0v) is 9.83. The van der Waals surface area contributed by atoms with Gasteiger partial charge in [0.1, 0.15) is 0 Å². The van der Waals surface area contributed by atoms with Gasteiger partial charge in [-0.2, -0.15) is 0 Å². The van der Waals surface area contributed by atoms with Gasteiger partial charge in [-0.05, 0) is 19.3 Å². The lowest BCUT2D eigenvalue weighted by atomic mass is 10.0. The van der Waals surface area contributed by atoms with Gasteiger partial charge in [0, 0.05) is 25.6 Å². The molecule has 0 aromatic heterocycles. The van der Waals surface area contributed by atoms with Gasteiger partial charge in [0.15, 0.2) is 5.96 Å². The number of hydrogen-bond acceptors (Lipinski definition) is 2. The Morgan fingerprint density at radius 2 is 2.33 bits per heavy atom. The largest absolute Gasteiger partial charge is 0.378 e. The van der Waals surface area contributed by atoms with Crippen molar-refractivity contribution in [1.29, 1.82) is 0 Å². The molecule has 0 bridgehead atoms. The summed E-state index contributed by atoms with van der Waals surface area (Å²) < 4.78 is 5.60. The van der Waals surface area contributed by atoms with Crippen molar-refractivity contribution in [2.45, 2.75) is 39.2 Å². The van der Waals surface area contributed by atoms with Crippen molar-refractivity contribution >= 4 is 5.96 Å². The van der Waals surface area contributed by atoms with Crippen LogP contribution < -0.4 is 11.1 Å². The average molecular weight is 213 g/mol. The summed E-state index contributed by atoms with van der Waals surface area (Å²) in [7, 11) is 0. The van der Waals surface area contributed by atoms with E-state index in [0.717, 1.165) is 39.0 Å². The normalized spacial score (nSPS) is 26.9. The number of guanidine groups is 1. The van der Waals surface area contributed by atoms with Crippen molar-refractivity contribution < 1.29 is 4.74 Å². The van der Waals surface area contributed by atoms with Crippen LogP contribution in [0.1, 0.15) is 33.1 Å².